The van der Waals surface area contributed by atoms with Gasteiger partial charge in [0.1, 0.15) is 5.75 Å². The number of benzene rings is 1. The number of hydrogen-bond donors (Lipinski definition) is 0. The molecule has 17 heavy (non-hydrogen) atoms. The summed E-state index contributed by atoms with van der Waals surface area (Å²) in [4.78, 5) is 14.5. The molecule has 1 rings (SSSR count). The third-order valence-corrected chi connectivity index (χ3v) is 1.86. The van der Waals surface area contributed by atoms with Gasteiger partial charge in [-0.3, -0.25) is 0 Å². The maximum atomic E-state index is 11.1. The van der Waals surface area contributed by atoms with Crippen molar-refractivity contribution in [3.05, 3.63) is 28.7 Å². The molecule has 0 atom stereocenters. The predicted octanol–water partition coefficient (Wildman–Crippen LogP) is 2.69. The van der Waals surface area contributed by atoms with Gasteiger partial charge in [-0.2, -0.15) is 0 Å². The number of halogens is 1. The Morgan fingerprint density at radius 3 is 2.12 bits per heavy atom. The highest BCUT2D eigenvalue weighted by atomic mass is 79.9. The molecule has 5 heteroatoms. The maximum absolute atomic E-state index is 11.1. The van der Waals surface area contributed by atoms with Crippen LogP contribution in [0.25, 0.3) is 0 Å². The summed E-state index contributed by atoms with van der Waals surface area (Å²) >= 11 is 3.28. The normalized spacial score (nSPS) is 9.35. The topological polar surface area (TPSA) is 32.8 Å². The molecule has 0 heterocycles. The van der Waals surface area contributed by atoms with E-state index in [-0.39, 0.29) is 6.09 Å². The van der Waals surface area contributed by atoms with Crippen molar-refractivity contribution in [1.82, 2.24) is 9.80 Å². The van der Waals surface area contributed by atoms with E-state index in [4.69, 9.17) is 4.74 Å². The maximum Gasteiger partial charge on any atom is 0.414 e. The van der Waals surface area contributed by atoms with E-state index in [2.05, 4.69) is 15.9 Å². The molecule has 0 N–H and O–H groups in total. The van der Waals surface area contributed by atoms with Gasteiger partial charge in [-0.15, -0.1) is 0 Å². The molecule has 0 aliphatic carbocycles. The molecule has 0 unspecified atom stereocenters. The summed E-state index contributed by atoms with van der Waals surface area (Å²) in [5.41, 5.74) is 0. The van der Waals surface area contributed by atoms with Crippen molar-refractivity contribution in [3.8, 4) is 5.75 Å². The van der Waals surface area contributed by atoms with Gasteiger partial charge in [0.25, 0.3) is 0 Å². The van der Waals surface area contributed by atoms with Crippen LogP contribution in [0.15, 0.2) is 28.7 Å². The zero-order valence-corrected chi connectivity index (χ0v) is 12.5. The minimum atomic E-state index is -0.377. The molecule has 0 saturated heterocycles. The lowest BCUT2D eigenvalue weighted by atomic mass is 10.3. The van der Waals surface area contributed by atoms with Crippen molar-refractivity contribution >= 4 is 22.0 Å². The molecular weight excluding hydrogens is 284 g/mol. The van der Waals surface area contributed by atoms with Gasteiger partial charge in [0.15, 0.2) is 0 Å². The summed E-state index contributed by atoms with van der Waals surface area (Å²) in [5, 5.41) is 0. The van der Waals surface area contributed by atoms with Crippen LogP contribution >= 0.6 is 15.9 Å². The zero-order valence-electron chi connectivity index (χ0n) is 10.9. The molecular formula is C12H19BrN2O2. The minimum Gasteiger partial charge on any atom is -0.410 e. The van der Waals surface area contributed by atoms with Crippen LogP contribution in [0, 0.1) is 0 Å². The summed E-state index contributed by atoms with van der Waals surface area (Å²) in [6, 6.07) is 7.14. The number of hydrogen-bond acceptors (Lipinski definition) is 3. The fourth-order valence-electron chi connectivity index (χ4n) is 0.723. The number of amides is 1. The van der Waals surface area contributed by atoms with E-state index in [0.717, 1.165) is 4.47 Å². The van der Waals surface area contributed by atoms with Gasteiger partial charge in [-0.1, -0.05) is 22.0 Å². The number of nitrogens with zero attached hydrogens (tertiary/aromatic N) is 2. The van der Waals surface area contributed by atoms with Crippen LogP contribution in [0.1, 0.15) is 0 Å². The molecule has 1 aromatic carbocycles. The molecule has 0 aromatic heterocycles. The second kappa shape index (κ2) is 8.08. The van der Waals surface area contributed by atoms with Gasteiger partial charge >= 0.3 is 6.09 Å². The highest BCUT2D eigenvalue weighted by molar-refractivity contribution is 9.10. The first-order chi connectivity index (χ1) is 7.82. The summed E-state index contributed by atoms with van der Waals surface area (Å²) in [6.07, 6.45) is -0.377. The van der Waals surface area contributed by atoms with E-state index < -0.39 is 0 Å². The zero-order chi connectivity index (χ0) is 13.4. The van der Waals surface area contributed by atoms with Crippen molar-refractivity contribution in [3.63, 3.8) is 0 Å². The van der Waals surface area contributed by atoms with Gasteiger partial charge in [-0.25, -0.2) is 4.79 Å². The molecule has 1 amide bonds. The van der Waals surface area contributed by atoms with Crippen molar-refractivity contribution in [1.29, 1.82) is 0 Å². The fourth-order valence-corrected chi connectivity index (χ4v) is 1.10. The standard InChI is InChI=1S/C9H10BrNO2.C3H9N/c1-11(2)9(12)13-8-5-3-4-7(10)6-8;1-4(2)3/h3-6H,1-2H3;1-3H3. The van der Waals surface area contributed by atoms with Crippen LogP contribution in [0.4, 0.5) is 4.79 Å². The van der Waals surface area contributed by atoms with Crippen LogP contribution in [0.5, 0.6) is 5.75 Å². The highest BCUT2D eigenvalue weighted by Crippen LogP contribution is 2.17. The monoisotopic (exact) mass is 302 g/mol. The van der Waals surface area contributed by atoms with Crippen molar-refractivity contribution in [2.45, 2.75) is 0 Å². The lowest BCUT2D eigenvalue weighted by Crippen LogP contribution is -2.25. The Labute approximate surface area is 111 Å². The van der Waals surface area contributed by atoms with Crippen LogP contribution in [0.3, 0.4) is 0 Å². The van der Waals surface area contributed by atoms with Gasteiger partial charge < -0.3 is 14.5 Å². The molecule has 0 fully saturated rings. The summed E-state index contributed by atoms with van der Waals surface area (Å²) in [6.45, 7) is 0. The Hall–Kier alpha value is -1.07. The third-order valence-electron chi connectivity index (χ3n) is 1.37. The van der Waals surface area contributed by atoms with Gasteiger partial charge in [-0.05, 0) is 39.3 Å². The first-order valence-corrected chi connectivity index (χ1v) is 5.88. The molecule has 0 aliphatic rings. The Morgan fingerprint density at radius 1 is 1.18 bits per heavy atom. The lowest BCUT2D eigenvalue weighted by Gasteiger charge is -2.10. The summed E-state index contributed by atoms with van der Waals surface area (Å²) in [7, 11) is 9.28. The van der Waals surface area contributed by atoms with E-state index in [1.165, 1.54) is 4.90 Å². The van der Waals surface area contributed by atoms with Gasteiger partial charge in [0, 0.05) is 18.6 Å². The van der Waals surface area contributed by atoms with Gasteiger partial charge in [0.2, 0.25) is 0 Å². The Bertz CT molecular complexity index is 351. The molecule has 4 nitrogen and oxygen atoms in total. The Kier molecular flexibility index (Phi) is 7.58. The lowest BCUT2D eigenvalue weighted by molar-refractivity contribution is 0.172. The van der Waals surface area contributed by atoms with Crippen LogP contribution < -0.4 is 4.74 Å². The molecule has 1 aromatic rings. The van der Waals surface area contributed by atoms with E-state index in [9.17, 15) is 4.79 Å². The average molecular weight is 303 g/mol. The van der Waals surface area contributed by atoms with Gasteiger partial charge in [0.05, 0.1) is 0 Å². The van der Waals surface area contributed by atoms with E-state index >= 15 is 0 Å². The molecule has 96 valence electrons. The van der Waals surface area contributed by atoms with Crippen LogP contribution in [-0.4, -0.2) is 51.1 Å². The van der Waals surface area contributed by atoms with Crippen LogP contribution in [-0.2, 0) is 0 Å². The second-order valence-electron chi connectivity index (χ2n) is 4.06. The molecule has 0 aliphatic heterocycles. The molecule has 0 bridgehead atoms. The minimum absolute atomic E-state index is 0.377. The summed E-state index contributed by atoms with van der Waals surface area (Å²) < 4.78 is 5.90. The van der Waals surface area contributed by atoms with Crippen LogP contribution in [0.2, 0.25) is 0 Å². The second-order valence-corrected chi connectivity index (χ2v) is 4.98. The van der Waals surface area contributed by atoms with Crippen molar-refractivity contribution < 1.29 is 9.53 Å². The fraction of sp³-hybridized carbons (Fsp3) is 0.417. The van der Waals surface area contributed by atoms with E-state index in [1.54, 1.807) is 26.2 Å². The SMILES string of the molecule is CN(C)C.CN(C)C(=O)Oc1cccc(Br)c1. The average Bonchev–Trinajstić information content (AvgIpc) is 2.16. The number of carbonyl (C=O) groups excluding carboxylic acids is 1. The van der Waals surface area contributed by atoms with Crippen molar-refractivity contribution in [2.75, 3.05) is 35.2 Å². The quantitative estimate of drug-likeness (QED) is 0.799. The van der Waals surface area contributed by atoms with E-state index in [0.29, 0.717) is 5.75 Å². The highest BCUT2D eigenvalue weighted by Gasteiger charge is 2.05. The Morgan fingerprint density at radius 2 is 1.71 bits per heavy atom. The molecule has 0 radical (unpaired) electrons. The number of rotatable bonds is 1. The Balaban J connectivity index is 0.000000557. The van der Waals surface area contributed by atoms with E-state index in [1.807, 2.05) is 38.2 Å². The first kappa shape index (κ1) is 15.9. The first-order valence-electron chi connectivity index (χ1n) is 5.08. The smallest absolute Gasteiger partial charge is 0.410 e. The molecule has 0 saturated carbocycles. The summed E-state index contributed by atoms with van der Waals surface area (Å²) in [5.74, 6) is 0.535. The number of ether oxygens (including phenoxy) is 1. The third kappa shape index (κ3) is 8.71. The molecule has 0 spiro atoms. The van der Waals surface area contributed by atoms with Crippen molar-refractivity contribution in [2.24, 2.45) is 0 Å². The largest absolute Gasteiger partial charge is 0.414 e. The predicted molar refractivity (Wildman–Crippen MR) is 73.5 cm³/mol. The number of carbonyl (C=O) groups is 1.